The van der Waals surface area contributed by atoms with E-state index in [0.29, 0.717) is 27.7 Å². The Morgan fingerprint density at radius 3 is 2.38 bits per heavy atom. The molecule has 0 atom stereocenters. The second kappa shape index (κ2) is 7.50. The van der Waals surface area contributed by atoms with Crippen LogP contribution in [0.4, 0.5) is 22.0 Å². The second-order valence-electron chi connectivity index (χ2n) is 6.23. The van der Waals surface area contributed by atoms with E-state index in [1.165, 1.54) is 35.3 Å². The summed E-state index contributed by atoms with van der Waals surface area (Å²) in [5, 5.41) is 4.18. The van der Waals surface area contributed by atoms with Crippen LogP contribution in [-0.4, -0.2) is 21.4 Å². The van der Waals surface area contributed by atoms with E-state index in [2.05, 4.69) is 14.8 Å². The van der Waals surface area contributed by atoms with Crippen molar-refractivity contribution in [3.63, 3.8) is 0 Å². The Labute approximate surface area is 161 Å². The molecule has 4 rings (SSSR count). The monoisotopic (exact) mass is 405 g/mol. The number of nitrogens with zero attached hydrogens (tertiary/aromatic N) is 3. The van der Waals surface area contributed by atoms with Gasteiger partial charge in [0, 0.05) is 17.8 Å². The van der Waals surface area contributed by atoms with E-state index < -0.39 is 29.8 Å². The SMILES string of the molecule is Fc1cc(F)cc(Cn2ncc3ncc(-c4ccc(F)c(OC(F)F)c4)cc32)c1. The van der Waals surface area contributed by atoms with E-state index in [9.17, 15) is 22.0 Å². The fraction of sp³-hybridized carbons (Fsp3) is 0.100. The molecule has 0 aliphatic heterocycles. The minimum Gasteiger partial charge on any atom is -0.432 e. The van der Waals surface area contributed by atoms with Crippen molar-refractivity contribution in [3.05, 3.63) is 77.9 Å². The summed E-state index contributed by atoms with van der Waals surface area (Å²) in [5.41, 5.74) is 2.35. The maximum absolute atomic E-state index is 13.7. The lowest BCUT2D eigenvalue weighted by Crippen LogP contribution is -2.04. The highest BCUT2D eigenvalue weighted by atomic mass is 19.3. The van der Waals surface area contributed by atoms with Gasteiger partial charge < -0.3 is 4.74 Å². The highest BCUT2D eigenvalue weighted by Crippen LogP contribution is 2.29. The molecule has 0 amide bonds. The lowest BCUT2D eigenvalue weighted by atomic mass is 10.1. The Hall–Kier alpha value is -3.49. The molecule has 2 aromatic heterocycles. The Bertz CT molecular complexity index is 1170. The van der Waals surface area contributed by atoms with Crippen molar-refractivity contribution in [1.82, 2.24) is 14.8 Å². The molecule has 9 heteroatoms. The van der Waals surface area contributed by atoms with Crippen molar-refractivity contribution in [2.45, 2.75) is 13.2 Å². The van der Waals surface area contributed by atoms with E-state index in [0.717, 1.165) is 18.2 Å². The first kappa shape index (κ1) is 18.9. The van der Waals surface area contributed by atoms with Crippen molar-refractivity contribution >= 4 is 11.0 Å². The molecule has 0 saturated carbocycles. The smallest absolute Gasteiger partial charge is 0.387 e. The third kappa shape index (κ3) is 4.03. The zero-order valence-corrected chi connectivity index (χ0v) is 14.6. The molecular formula is C20H12F5N3O. The van der Waals surface area contributed by atoms with Crippen LogP contribution in [0.25, 0.3) is 22.2 Å². The van der Waals surface area contributed by atoms with Gasteiger partial charge in [-0.2, -0.15) is 13.9 Å². The molecule has 2 aromatic carbocycles. The minimum absolute atomic E-state index is 0.0898. The first-order valence-corrected chi connectivity index (χ1v) is 8.40. The zero-order valence-electron chi connectivity index (χ0n) is 14.6. The number of halogens is 5. The number of hydrogen-bond donors (Lipinski definition) is 0. The standard InChI is InChI=1S/C20H12F5N3O/c21-14-3-11(4-15(22)7-14)10-28-18-5-13(8-26-17(18)9-27-28)12-1-2-16(23)19(6-12)29-20(24)25/h1-9,20H,10H2. The predicted molar refractivity (Wildman–Crippen MR) is 95.0 cm³/mol. The van der Waals surface area contributed by atoms with Gasteiger partial charge in [0.1, 0.15) is 17.2 Å². The van der Waals surface area contributed by atoms with Crippen LogP contribution in [0.2, 0.25) is 0 Å². The molecule has 0 aliphatic carbocycles. The molecule has 0 radical (unpaired) electrons. The molecule has 4 aromatic rings. The van der Waals surface area contributed by atoms with Gasteiger partial charge in [-0.05, 0) is 41.5 Å². The lowest BCUT2D eigenvalue weighted by Gasteiger charge is -2.09. The largest absolute Gasteiger partial charge is 0.432 e. The van der Waals surface area contributed by atoms with Crippen LogP contribution in [0.1, 0.15) is 5.56 Å². The summed E-state index contributed by atoms with van der Waals surface area (Å²) >= 11 is 0. The van der Waals surface area contributed by atoms with E-state index in [1.807, 2.05) is 0 Å². The summed E-state index contributed by atoms with van der Waals surface area (Å²) in [6, 6.07) is 8.40. The number of pyridine rings is 1. The van der Waals surface area contributed by atoms with Crippen molar-refractivity contribution in [3.8, 4) is 16.9 Å². The van der Waals surface area contributed by atoms with Crippen molar-refractivity contribution < 1.29 is 26.7 Å². The molecule has 0 fully saturated rings. The molecule has 2 heterocycles. The van der Waals surface area contributed by atoms with Gasteiger partial charge >= 0.3 is 6.61 Å². The number of rotatable bonds is 5. The van der Waals surface area contributed by atoms with Gasteiger partial charge in [-0.25, -0.2) is 13.2 Å². The van der Waals surface area contributed by atoms with Crippen LogP contribution in [-0.2, 0) is 6.54 Å². The molecular weight excluding hydrogens is 393 g/mol. The molecule has 0 unspecified atom stereocenters. The van der Waals surface area contributed by atoms with Gasteiger partial charge in [0.2, 0.25) is 0 Å². The number of aromatic nitrogens is 3. The Morgan fingerprint density at radius 2 is 1.66 bits per heavy atom. The fourth-order valence-corrected chi connectivity index (χ4v) is 2.98. The van der Waals surface area contributed by atoms with Gasteiger partial charge in [0.25, 0.3) is 0 Å². The van der Waals surface area contributed by atoms with Crippen molar-refractivity contribution in [2.75, 3.05) is 0 Å². The average molecular weight is 405 g/mol. The van der Waals surface area contributed by atoms with E-state index in [1.54, 1.807) is 6.07 Å². The fourth-order valence-electron chi connectivity index (χ4n) is 2.98. The van der Waals surface area contributed by atoms with Gasteiger partial charge in [-0.3, -0.25) is 9.67 Å². The number of hydrogen-bond acceptors (Lipinski definition) is 3. The predicted octanol–water partition coefficient (Wildman–Crippen LogP) is 5.17. The quantitative estimate of drug-likeness (QED) is 0.431. The molecule has 29 heavy (non-hydrogen) atoms. The van der Waals surface area contributed by atoms with Crippen LogP contribution in [0.5, 0.6) is 5.75 Å². The van der Waals surface area contributed by atoms with Gasteiger partial charge in [-0.15, -0.1) is 0 Å². The molecule has 0 bridgehead atoms. The highest BCUT2D eigenvalue weighted by molar-refractivity contribution is 5.80. The molecule has 0 saturated heterocycles. The Balaban J connectivity index is 1.72. The van der Waals surface area contributed by atoms with Gasteiger partial charge in [-0.1, -0.05) is 6.07 Å². The topological polar surface area (TPSA) is 39.9 Å². The molecule has 4 nitrogen and oxygen atoms in total. The summed E-state index contributed by atoms with van der Waals surface area (Å²) < 4.78 is 71.1. The first-order chi connectivity index (χ1) is 13.9. The number of benzene rings is 2. The van der Waals surface area contributed by atoms with Crippen LogP contribution < -0.4 is 4.74 Å². The molecule has 0 spiro atoms. The summed E-state index contributed by atoms with van der Waals surface area (Å²) in [6.45, 7) is -3.07. The maximum Gasteiger partial charge on any atom is 0.387 e. The third-order valence-corrected chi connectivity index (χ3v) is 4.23. The zero-order chi connectivity index (χ0) is 20.5. The second-order valence-corrected chi connectivity index (χ2v) is 6.23. The summed E-state index contributed by atoms with van der Waals surface area (Å²) in [7, 11) is 0. The number of fused-ring (bicyclic) bond motifs is 1. The summed E-state index contributed by atoms with van der Waals surface area (Å²) in [6.07, 6.45) is 2.97. The van der Waals surface area contributed by atoms with Gasteiger partial charge in [0.15, 0.2) is 11.6 Å². The Morgan fingerprint density at radius 1 is 0.897 bits per heavy atom. The van der Waals surface area contributed by atoms with Crippen LogP contribution in [0.3, 0.4) is 0 Å². The third-order valence-electron chi connectivity index (χ3n) is 4.23. The lowest BCUT2D eigenvalue weighted by molar-refractivity contribution is -0.0521. The first-order valence-electron chi connectivity index (χ1n) is 8.40. The average Bonchev–Trinajstić information content (AvgIpc) is 3.04. The normalized spacial score (nSPS) is 11.4. The van der Waals surface area contributed by atoms with Crippen LogP contribution >= 0.6 is 0 Å². The summed E-state index contributed by atoms with van der Waals surface area (Å²) in [5.74, 6) is -2.90. The number of ether oxygens (including phenoxy) is 1. The van der Waals surface area contributed by atoms with Crippen molar-refractivity contribution in [1.29, 1.82) is 0 Å². The minimum atomic E-state index is -3.16. The Kier molecular flexibility index (Phi) is 4.87. The molecule has 0 aliphatic rings. The van der Waals surface area contributed by atoms with Crippen LogP contribution in [0, 0.1) is 17.5 Å². The highest BCUT2D eigenvalue weighted by Gasteiger charge is 2.13. The van der Waals surface area contributed by atoms with Crippen LogP contribution in [0.15, 0.2) is 54.9 Å². The number of alkyl halides is 2. The van der Waals surface area contributed by atoms with Crippen molar-refractivity contribution in [2.24, 2.45) is 0 Å². The van der Waals surface area contributed by atoms with E-state index >= 15 is 0 Å². The van der Waals surface area contributed by atoms with E-state index in [-0.39, 0.29) is 6.54 Å². The van der Waals surface area contributed by atoms with E-state index in [4.69, 9.17) is 0 Å². The summed E-state index contributed by atoms with van der Waals surface area (Å²) in [4.78, 5) is 4.25. The molecule has 148 valence electrons. The maximum atomic E-state index is 13.7. The van der Waals surface area contributed by atoms with Gasteiger partial charge in [0.05, 0.1) is 18.3 Å². The molecule has 0 N–H and O–H groups in total.